The molecule has 100 valence electrons. The molecule has 3 nitrogen and oxygen atoms in total. The molecule has 0 radical (unpaired) electrons. The summed E-state index contributed by atoms with van der Waals surface area (Å²) in [7, 11) is 1.70. The number of piperazine rings is 1. The summed E-state index contributed by atoms with van der Waals surface area (Å²) < 4.78 is 5.43. The molecule has 0 aliphatic carbocycles. The van der Waals surface area contributed by atoms with Crippen molar-refractivity contribution in [3.05, 3.63) is 23.2 Å². The Bertz CT molecular complexity index is 409. The van der Waals surface area contributed by atoms with Crippen molar-refractivity contribution < 1.29 is 4.74 Å². The summed E-state index contributed by atoms with van der Waals surface area (Å²) in [5.41, 5.74) is 1.09. The zero-order valence-electron chi connectivity index (χ0n) is 11.2. The molecule has 0 bridgehead atoms. The van der Waals surface area contributed by atoms with Gasteiger partial charge in [-0.15, -0.1) is 0 Å². The van der Waals surface area contributed by atoms with Crippen LogP contribution in [0.4, 0.5) is 5.69 Å². The fourth-order valence-corrected chi connectivity index (χ4v) is 2.52. The van der Waals surface area contributed by atoms with E-state index in [2.05, 4.69) is 24.1 Å². The van der Waals surface area contributed by atoms with Gasteiger partial charge in [0.05, 0.1) is 12.8 Å². The van der Waals surface area contributed by atoms with E-state index < -0.39 is 0 Å². The first-order chi connectivity index (χ1) is 8.61. The maximum absolute atomic E-state index is 6.09. The highest BCUT2D eigenvalue weighted by atomic mass is 35.5. The molecule has 1 aromatic carbocycles. The van der Waals surface area contributed by atoms with Crippen molar-refractivity contribution in [2.75, 3.05) is 31.6 Å². The molecule has 1 saturated heterocycles. The Morgan fingerprint density at radius 2 is 2.22 bits per heavy atom. The average molecular weight is 269 g/mol. The van der Waals surface area contributed by atoms with E-state index in [1.165, 1.54) is 0 Å². The second kappa shape index (κ2) is 5.81. The Morgan fingerprint density at radius 3 is 2.89 bits per heavy atom. The Balaban J connectivity index is 2.22. The average Bonchev–Trinajstić information content (AvgIpc) is 2.39. The number of methoxy groups -OCH3 is 1. The highest BCUT2D eigenvalue weighted by molar-refractivity contribution is 6.30. The SMILES string of the molecule is COc1ccc(Cl)cc1N1CCNC(C(C)C)C1. The van der Waals surface area contributed by atoms with Crippen LogP contribution in [-0.2, 0) is 0 Å². The van der Waals surface area contributed by atoms with Crippen molar-refractivity contribution in [1.82, 2.24) is 5.32 Å². The zero-order chi connectivity index (χ0) is 13.1. The largest absolute Gasteiger partial charge is 0.495 e. The molecule has 1 fully saturated rings. The lowest BCUT2D eigenvalue weighted by molar-refractivity contribution is 0.363. The standard InChI is InChI=1S/C14H21ClN2O/c1-10(2)12-9-17(7-6-16-12)13-8-11(15)4-5-14(13)18-3/h4-5,8,10,12,16H,6-7,9H2,1-3H3. The van der Waals surface area contributed by atoms with Gasteiger partial charge in [0.2, 0.25) is 0 Å². The first-order valence-corrected chi connectivity index (χ1v) is 6.81. The van der Waals surface area contributed by atoms with E-state index in [9.17, 15) is 0 Å². The number of nitrogens with one attached hydrogen (secondary N) is 1. The van der Waals surface area contributed by atoms with Crippen LogP contribution < -0.4 is 15.0 Å². The molecule has 0 spiro atoms. The van der Waals surface area contributed by atoms with Crippen molar-refractivity contribution in [2.24, 2.45) is 5.92 Å². The van der Waals surface area contributed by atoms with Gasteiger partial charge in [-0.05, 0) is 24.1 Å². The molecule has 0 aromatic heterocycles. The predicted molar refractivity (Wildman–Crippen MR) is 76.8 cm³/mol. The molecule has 1 aliphatic heterocycles. The van der Waals surface area contributed by atoms with E-state index in [1.807, 2.05) is 18.2 Å². The van der Waals surface area contributed by atoms with Crippen LogP contribution in [-0.4, -0.2) is 32.8 Å². The van der Waals surface area contributed by atoms with Crippen molar-refractivity contribution >= 4 is 17.3 Å². The molecular formula is C14H21ClN2O. The zero-order valence-corrected chi connectivity index (χ0v) is 12.0. The van der Waals surface area contributed by atoms with Crippen molar-refractivity contribution in [3.8, 4) is 5.75 Å². The van der Waals surface area contributed by atoms with Gasteiger partial charge in [0.15, 0.2) is 0 Å². The minimum absolute atomic E-state index is 0.516. The molecule has 1 aliphatic rings. The Morgan fingerprint density at radius 1 is 1.44 bits per heavy atom. The molecule has 18 heavy (non-hydrogen) atoms. The third-order valence-corrected chi connectivity index (χ3v) is 3.73. The van der Waals surface area contributed by atoms with Crippen LogP contribution in [0.15, 0.2) is 18.2 Å². The van der Waals surface area contributed by atoms with Crippen molar-refractivity contribution in [1.29, 1.82) is 0 Å². The van der Waals surface area contributed by atoms with E-state index in [1.54, 1.807) is 7.11 Å². The van der Waals surface area contributed by atoms with Gasteiger partial charge in [0.25, 0.3) is 0 Å². The van der Waals surface area contributed by atoms with E-state index in [4.69, 9.17) is 16.3 Å². The number of nitrogens with zero attached hydrogens (tertiary/aromatic N) is 1. The van der Waals surface area contributed by atoms with Crippen molar-refractivity contribution in [2.45, 2.75) is 19.9 Å². The van der Waals surface area contributed by atoms with Gasteiger partial charge in [0.1, 0.15) is 5.75 Å². The third-order valence-electron chi connectivity index (χ3n) is 3.49. The summed E-state index contributed by atoms with van der Waals surface area (Å²) in [6.45, 7) is 7.47. The smallest absolute Gasteiger partial charge is 0.142 e. The number of benzene rings is 1. The minimum Gasteiger partial charge on any atom is -0.495 e. The number of hydrogen-bond acceptors (Lipinski definition) is 3. The fraction of sp³-hybridized carbons (Fsp3) is 0.571. The Kier molecular flexibility index (Phi) is 4.36. The highest BCUT2D eigenvalue weighted by Gasteiger charge is 2.23. The molecule has 1 aromatic rings. The Labute approximate surface area is 114 Å². The van der Waals surface area contributed by atoms with E-state index in [-0.39, 0.29) is 0 Å². The van der Waals surface area contributed by atoms with Crippen molar-refractivity contribution in [3.63, 3.8) is 0 Å². The topological polar surface area (TPSA) is 24.5 Å². The highest BCUT2D eigenvalue weighted by Crippen LogP contribution is 2.32. The van der Waals surface area contributed by atoms with Crippen LogP contribution in [0.25, 0.3) is 0 Å². The van der Waals surface area contributed by atoms with Gasteiger partial charge in [-0.25, -0.2) is 0 Å². The maximum atomic E-state index is 6.09. The summed E-state index contributed by atoms with van der Waals surface area (Å²) in [4.78, 5) is 2.35. The van der Waals surface area contributed by atoms with Gasteiger partial charge in [0, 0.05) is 30.7 Å². The molecule has 4 heteroatoms. The molecule has 1 heterocycles. The quantitative estimate of drug-likeness (QED) is 0.912. The van der Waals surface area contributed by atoms with E-state index in [0.29, 0.717) is 12.0 Å². The second-order valence-electron chi connectivity index (χ2n) is 5.07. The van der Waals surface area contributed by atoms with Gasteiger partial charge >= 0.3 is 0 Å². The lowest BCUT2D eigenvalue weighted by Gasteiger charge is -2.37. The first-order valence-electron chi connectivity index (χ1n) is 6.43. The normalized spacial score (nSPS) is 20.3. The van der Waals surface area contributed by atoms with Crippen LogP contribution in [0, 0.1) is 5.92 Å². The molecule has 0 amide bonds. The number of rotatable bonds is 3. The minimum atomic E-state index is 0.516. The molecule has 1 unspecified atom stereocenters. The number of anilines is 1. The van der Waals surface area contributed by atoms with E-state index >= 15 is 0 Å². The molecular weight excluding hydrogens is 248 g/mol. The number of ether oxygens (including phenoxy) is 1. The lowest BCUT2D eigenvalue weighted by Crippen LogP contribution is -2.53. The summed E-state index contributed by atoms with van der Waals surface area (Å²) >= 11 is 6.09. The molecule has 1 N–H and O–H groups in total. The summed E-state index contributed by atoms with van der Waals surface area (Å²) in [6, 6.07) is 6.31. The van der Waals surface area contributed by atoms with Crippen LogP contribution >= 0.6 is 11.6 Å². The lowest BCUT2D eigenvalue weighted by atomic mass is 10.0. The van der Waals surface area contributed by atoms with Gasteiger partial charge in [-0.3, -0.25) is 0 Å². The fourth-order valence-electron chi connectivity index (χ4n) is 2.35. The van der Waals surface area contributed by atoms with Crippen LogP contribution in [0.5, 0.6) is 5.75 Å². The third kappa shape index (κ3) is 2.90. The van der Waals surface area contributed by atoms with Crippen LogP contribution in [0.1, 0.15) is 13.8 Å². The van der Waals surface area contributed by atoms with Gasteiger partial charge < -0.3 is 15.0 Å². The van der Waals surface area contributed by atoms with Gasteiger partial charge in [-0.1, -0.05) is 25.4 Å². The van der Waals surface area contributed by atoms with Crippen LogP contribution in [0.2, 0.25) is 5.02 Å². The Hall–Kier alpha value is -0.930. The summed E-state index contributed by atoms with van der Waals surface area (Å²) in [6.07, 6.45) is 0. The monoisotopic (exact) mass is 268 g/mol. The molecule has 2 rings (SSSR count). The van der Waals surface area contributed by atoms with Crippen LogP contribution in [0.3, 0.4) is 0 Å². The predicted octanol–water partition coefficient (Wildman–Crippen LogP) is 2.78. The summed E-state index contributed by atoms with van der Waals surface area (Å²) in [5.74, 6) is 1.52. The maximum Gasteiger partial charge on any atom is 0.142 e. The first kappa shape index (κ1) is 13.5. The molecule has 0 saturated carbocycles. The van der Waals surface area contributed by atoms with Gasteiger partial charge in [-0.2, -0.15) is 0 Å². The molecule has 1 atom stereocenters. The number of hydrogen-bond donors (Lipinski definition) is 1. The summed E-state index contributed by atoms with van der Waals surface area (Å²) in [5, 5.41) is 4.31. The van der Waals surface area contributed by atoms with E-state index in [0.717, 1.165) is 36.1 Å². The number of halogens is 1. The second-order valence-corrected chi connectivity index (χ2v) is 5.50.